The second kappa shape index (κ2) is 9.82. The summed E-state index contributed by atoms with van der Waals surface area (Å²) >= 11 is 0. The first-order chi connectivity index (χ1) is 17.9. The van der Waals surface area contributed by atoms with Gasteiger partial charge in [-0.05, 0) is 87.6 Å². The van der Waals surface area contributed by atoms with Crippen LogP contribution in [-0.4, -0.2) is 58.9 Å². The van der Waals surface area contributed by atoms with Gasteiger partial charge in [0, 0.05) is 37.4 Å². The van der Waals surface area contributed by atoms with E-state index in [1.54, 1.807) is 17.0 Å². The van der Waals surface area contributed by atoms with Crippen LogP contribution in [0.1, 0.15) is 57.4 Å². The highest BCUT2D eigenvalue weighted by molar-refractivity contribution is 6.16. The number of urea groups is 1. The molecule has 0 bridgehead atoms. The zero-order chi connectivity index (χ0) is 25.6. The summed E-state index contributed by atoms with van der Waals surface area (Å²) in [5.74, 6) is 1.03. The summed E-state index contributed by atoms with van der Waals surface area (Å²) in [6, 6.07) is 13.3. The minimum absolute atomic E-state index is 0.0797. The van der Waals surface area contributed by atoms with E-state index in [1.165, 1.54) is 37.5 Å². The molecule has 3 atom stereocenters. The van der Waals surface area contributed by atoms with E-state index in [0.717, 1.165) is 57.1 Å². The van der Waals surface area contributed by atoms with Crippen LogP contribution in [-0.2, 0) is 6.42 Å². The first-order valence-electron chi connectivity index (χ1n) is 13.9. The smallest absolute Gasteiger partial charge is 0.350 e. The van der Waals surface area contributed by atoms with Gasteiger partial charge in [0.25, 0.3) is 0 Å². The molecular formula is C30H36F2N4O. The molecule has 3 aliphatic heterocycles. The number of carbonyl (C=O) groups excluding carboxylic acids is 1. The third-order valence-corrected chi connectivity index (χ3v) is 9.15. The van der Waals surface area contributed by atoms with Gasteiger partial charge in [-0.15, -0.1) is 0 Å². The van der Waals surface area contributed by atoms with Crippen LogP contribution in [0.4, 0.5) is 19.3 Å². The van der Waals surface area contributed by atoms with Gasteiger partial charge < -0.3 is 9.80 Å². The number of aliphatic imine (C=N–C) groups is 1. The highest BCUT2D eigenvalue weighted by Gasteiger charge is 2.56. The monoisotopic (exact) mass is 506 g/mol. The molecule has 3 fully saturated rings. The van der Waals surface area contributed by atoms with Gasteiger partial charge in [0.15, 0.2) is 0 Å². The third kappa shape index (κ3) is 4.45. The lowest BCUT2D eigenvalue weighted by Gasteiger charge is -2.51. The molecular weight excluding hydrogens is 470 g/mol. The lowest BCUT2D eigenvalue weighted by atomic mass is 9.78. The minimum atomic E-state index is -0.627. The van der Waals surface area contributed by atoms with Crippen molar-refractivity contribution in [2.24, 2.45) is 10.9 Å². The topological polar surface area (TPSA) is 39.1 Å². The molecule has 7 heteroatoms. The summed E-state index contributed by atoms with van der Waals surface area (Å²) in [6.45, 7) is 5.04. The van der Waals surface area contributed by atoms with Gasteiger partial charge in [-0.2, -0.15) is 4.99 Å². The van der Waals surface area contributed by atoms with E-state index in [2.05, 4.69) is 16.7 Å². The Labute approximate surface area is 218 Å². The van der Waals surface area contributed by atoms with Crippen molar-refractivity contribution >= 4 is 17.6 Å². The number of hydrogen-bond donors (Lipinski definition) is 0. The number of anilines is 1. The molecule has 1 aliphatic carbocycles. The summed E-state index contributed by atoms with van der Waals surface area (Å²) in [5, 5.41) is 0. The maximum Gasteiger partial charge on any atom is 0.350 e. The second-order valence-electron chi connectivity index (χ2n) is 11.4. The van der Waals surface area contributed by atoms with Gasteiger partial charge in [0.1, 0.15) is 23.0 Å². The van der Waals surface area contributed by atoms with Crippen molar-refractivity contribution in [1.82, 2.24) is 9.80 Å². The van der Waals surface area contributed by atoms with Gasteiger partial charge in [-0.1, -0.05) is 30.7 Å². The molecule has 1 spiro atoms. The van der Waals surface area contributed by atoms with Crippen molar-refractivity contribution in [3.63, 3.8) is 0 Å². The highest BCUT2D eigenvalue weighted by atomic mass is 19.1. The number of rotatable bonds is 5. The van der Waals surface area contributed by atoms with Gasteiger partial charge in [-0.25, -0.2) is 13.6 Å². The average Bonchev–Trinajstić information content (AvgIpc) is 3.40. The largest absolute Gasteiger partial charge is 0.355 e. The Morgan fingerprint density at radius 3 is 2.59 bits per heavy atom. The van der Waals surface area contributed by atoms with Crippen molar-refractivity contribution in [3.8, 4) is 0 Å². The minimum Gasteiger partial charge on any atom is -0.355 e. The standard InChI is InChI=1S/C30H36F2N4O/c1-21-19-30(14-16-34(21)20-22-7-4-8-22)28(33-29(37)36(30)26-11-5-10-24(31)18-26)35-15-6-12-25(35)17-23-9-2-3-13-27(23)32/h2-3,5,9-11,13,18,21-22,25H,4,6-8,12,14-17,19-20H2,1H3/t21-,25?,30+/m0/s1. The van der Waals surface area contributed by atoms with Crippen LogP contribution in [0.2, 0.25) is 0 Å². The molecule has 6 rings (SSSR count). The molecule has 196 valence electrons. The van der Waals surface area contributed by atoms with Crippen molar-refractivity contribution in [3.05, 3.63) is 65.7 Å². The first-order valence-corrected chi connectivity index (χ1v) is 13.9. The normalized spacial score (nSPS) is 28.7. The van der Waals surface area contributed by atoms with E-state index in [0.29, 0.717) is 17.7 Å². The predicted octanol–water partition coefficient (Wildman–Crippen LogP) is 6.03. The van der Waals surface area contributed by atoms with Crippen molar-refractivity contribution in [1.29, 1.82) is 0 Å². The molecule has 5 nitrogen and oxygen atoms in total. The van der Waals surface area contributed by atoms with E-state index < -0.39 is 5.54 Å². The van der Waals surface area contributed by atoms with Crippen LogP contribution in [0.3, 0.4) is 0 Å². The van der Waals surface area contributed by atoms with Crippen LogP contribution < -0.4 is 4.90 Å². The Balaban J connectivity index is 1.34. The quantitative estimate of drug-likeness (QED) is 0.497. The van der Waals surface area contributed by atoms with Crippen LogP contribution >= 0.6 is 0 Å². The number of piperidine rings is 1. The Morgan fingerprint density at radius 2 is 1.86 bits per heavy atom. The van der Waals surface area contributed by atoms with Crippen LogP contribution in [0.25, 0.3) is 0 Å². The fraction of sp³-hybridized carbons (Fsp3) is 0.533. The van der Waals surface area contributed by atoms with Gasteiger partial charge in [0.05, 0.1) is 0 Å². The number of benzene rings is 2. The number of halogens is 2. The number of amides is 2. The fourth-order valence-electron chi connectivity index (χ4n) is 7.03. The molecule has 1 unspecified atom stereocenters. The summed E-state index contributed by atoms with van der Waals surface area (Å²) in [4.78, 5) is 24.9. The van der Waals surface area contributed by atoms with Crippen LogP contribution in [0.5, 0.6) is 0 Å². The summed E-state index contributed by atoms with van der Waals surface area (Å²) in [5.41, 5.74) is 0.635. The molecule has 37 heavy (non-hydrogen) atoms. The molecule has 2 aromatic rings. The van der Waals surface area contributed by atoms with Crippen molar-refractivity contribution < 1.29 is 13.6 Å². The Hall–Kier alpha value is -2.80. The maximum absolute atomic E-state index is 14.6. The zero-order valence-electron chi connectivity index (χ0n) is 21.6. The SMILES string of the molecule is C[C@H]1C[C@]2(CCN1CC1CCC1)C(N1CCCC1Cc1ccccc1F)=NC(=O)N2c1cccc(F)c1. The van der Waals surface area contributed by atoms with Crippen molar-refractivity contribution in [2.75, 3.05) is 24.5 Å². The molecule has 3 heterocycles. The zero-order valence-corrected chi connectivity index (χ0v) is 21.6. The molecule has 1 saturated carbocycles. The van der Waals surface area contributed by atoms with E-state index in [4.69, 9.17) is 4.99 Å². The van der Waals surface area contributed by atoms with Crippen molar-refractivity contribution in [2.45, 2.75) is 75.9 Å². The van der Waals surface area contributed by atoms with E-state index >= 15 is 0 Å². The molecule has 2 aromatic carbocycles. The van der Waals surface area contributed by atoms with Crippen LogP contribution in [0.15, 0.2) is 53.5 Å². The number of carbonyl (C=O) groups is 1. The summed E-state index contributed by atoms with van der Waals surface area (Å²) < 4.78 is 28.9. The lowest BCUT2D eigenvalue weighted by molar-refractivity contribution is 0.0875. The molecule has 0 radical (unpaired) electrons. The molecule has 0 N–H and O–H groups in total. The molecule has 0 aromatic heterocycles. The number of amidine groups is 1. The van der Waals surface area contributed by atoms with Gasteiger partial charge >= 0.3 is 6.03 Å². The van der Waals surface area contributed by atoms with Crippen LogP contribution in [0, 0.1) is 17.6 Å². The lowest BCUT2D eigenvalue weighted by Crippen LogP contribution is -2.64. The Morgan fingerprint density at radius 1 is 1.03 bits per heavy atom. The van der Waals surface area contributed by atoms with E-state index in [9.17, 15) is 13.6 Å². The Kier molecular flexibility index (Phi) is 6.51. The second-order valence-corrected chi connectivity index (χ2v) is 11.4. The average molecular weight is 507 g/mol. The maximum atomic E-state index is 14.6. The third-order valence-electron chi connectivity index (χ3n) is 9.15. The highest BCUT2D eigenvalue weighted by Crippen LogP contribution is 2.44. The van der Waals surface area contributed by atoms with Gasteiger partial charge in [0.2, 0.25) is 0 Å². The summed E-state index contributed by atoms with van der Waals surface area (Å²) in [7, 11) is 0. The number of nitrogens with zero attached hydrogens (tertiary/aromatic N) is 4. The molecule has 2 saturated heterocycles. The van der Waals surface area contributed by atoms with Gasteiger partial charge in [-0.3, -0.25) is 4.90 Å². The summed E-state index contributed by atoms with van der Waals surface area (Å²) in [6.07, 6.45) is 7.94. The predicted molar refractivity (Wildman–Crippen MR) is 142 cm³/mol. The van der Waals surface area contributed by atoms with E-state index in [1.807, 2.05) is 18.2 Å². The molecule has 4 aliphatic rings. The molecule has 2 amide bonds. The first kappa shape index (κ1) is 24.5. The Bertz CT molecular complexity index is 1200. The number of hydrogen-bond acceptors (Lipinski definition) is 3. The van der Waals surface area contributed by atoms with E-state index in [-0.39, 0.29) is 29.7 Å². The number of likely N-dealkylation sites (tertiary alicyclic amines) is 2. The fourth-order valence-corrected chi connectivity index (χ4v) is 7.03.